The summed E-state index contributed by atoms with van der Waals surface area (Å²) in [7, 11) is 0. The van der Waals surface area contributed by atoms with Gasteiger partial charge < -0.3 is 20.1 Å². The van der Waals surface area contributed by atoms with Crippen LogP contribution in [0.15, 0.2) is 24.3 Å². The number of carbonyl (C=O) groups is 1. The molecule has 0 radical (unpaired) electrons. The van der Waals surface area contributed by atoms with Crippen LogP contribution in [-0.2, 0) is 11.3 Å². The van der Waals surface area contributed by atoms with Crippen LogP contribution in [0.2, 0.25) is 0 Å². The summed E-state index contributed by atoms with van der Waals surface area (Å²) in [6.07, 6.45) is 6.82. The molecule has 2 amide bonds. The number of likely N-dealkylation sites (tertiary alicyclic amines) is 1. The smallest absolute Gasteiger partial charge is 0.321 e. The zero-order valence-corrected chi connectivity index (χ0v) is 13.5. The monoisotopic (exact) mass is 318 g/mol. The summed E-state index contributed by atoms with van der Waals surface area (Å²) >= 11 is 0. The number of hydrogen-bond donors (Lipinski definition) is 2. The van der Waals surface area contributed by atoms with Crippen molar-refractivity contribution in [1.29, 1.82) is 0 Å². The third kappa shape index (κ3) is 4.69. The first-order valence-corrected chi connectivity index (χ1v) is 8.65. The molecule has 1 atom stereocenters. The number of benzene rings is 1. The van der Waals surface area contributed by atoms with Crippen molar-refractivity contribution in [3.63, 3.8) is 0 Å². The van der Waals surface area contributed by atoms with E-state index in [1.807, 2.05) is 24.3 Å². The van der Waals surface area contributed by atoms with E-state index in [4.69, 9.17) is 4.74 Å². The second kappa shape index (κ2) is 7.79. The van der Waals surface area contributed by atoms with E-state index >= 15 is 0 Å². The van der Waals surface area contributed by atoms with Gasteiger partial charge in [0.05, 0.1) is 18.8 Å². The third-order valence-corrected chi connectivity index (χ3v) is 4.67. The largest absolute Gasteiger partial charge is 0.391 e. The fourth-order valence-electron chi connectivity index (χ4n) is 3.31. The molecule has 2 fully saturated rings. The van der Waals surface area contributed by atoms with Crippen molar-refractivity contribution in [3.8, 4) is 0 Å². The summed E-state index contributed by atoms with van der Waals surface area (Å²) in [4.78, 5) is 13.8. The van der Waals surface area contributed by atoms with Gasteiger partial charge in [-0.15, -0.1) is 0 Å². The molecule has 0 bridgehead atoms. The van der Waals surface area contributed by atoms with E-state index in [0.29, 0.717) is 32.2 Å². The van der Waals surface area contributed by atoms with Crippen LogP contribution in [-0.4, -0.2) is 41.3 Å². The highest BCUT2D eigenvalue weighted by Gasteiger charge is 2.24. The topological polar surface area (TPSA) is 61.8 Å². The van der Waals surface area contributed by atoms with Crippen molar-refractivity contribution in [3.05, 3.63) is 29.8 Å². The maximum atomic E-state index is 12.1. The van der Waals surface area contributed by atoms with Gasteiger partial charge in [0, 0.05) is 18.8 Å². The Kier molecular flexibility index (Phi) is 5.51. The molecule has 1 unspecified atom stereocenters. The summed E-state index contributed by atoms with van der Waals surface area (Å²) in [6, 6.07) is 7.67. The fourth-order valence-corrected chi connectivity index (χ4v) is 3.31. The van der Waals surface area contributed by atoms with Crippen molar-refractivity contribution in [1.82, 2.24) is 4.90 Å². The standard InChI is InChI=1S/C18H26N2O3/c21-16-9-10-20(12-16)18(22)19-15-6-4-5-14(11-15)13-23-17-7-2-1-3-8-17/h4-6,11,16-17,21H,1-3,7-10,12-13H2,(H,19,22). The Balaban J connectivity index is 1.51. The van der Waals surface area contributed by atoms with E-state index in [1.54, 1.807) is 4.90 Å². The van der Waals surface area contributed by atoms with Crippen LogP contribution in [0.5, 0.6) is 0 Å². The Morgan fingerprint density at radius 3 is 2.83 bits per heavy atom. The van der Waals surface area contributed by atoms with Crippen LogP contribution >= 0.6 is 0 Å². The van der Waals surface area contributed by atoms with Gasteiger partial charge in [-0.2, -0.15) is 0 Å². The van der Waals surface area contributed by atoms with E-state index in [0.717, 1.165) is 24.1 Å². The number of β-amino-alcohol motifs (C(OH)–C–C–N with tert-alkyl or cyclic N) is 1. The Morgan fingerprint density at radius 2 is 2.09 bits per heavy atom. The molecular formula is C18H26N2O3. The molecule has 2 aliphatic rings. The number of ether oxygens (including phenoxy) is 1. The maximum absolute atomic E-state index is 12.1. The van der Waals surface area contributed by atoms with Gasteiger partial charge >= 0.3 is 6.03 Å². The maximum Gasteiger partial charge on any atom is 0.321 e. The summed E-state index contributed by atoms with van der Waals surface area (Å²) < 4.78 is 5.99. The Hall–Kier alpha value is -1.59. The number of nitrogens with one attached hydrogen (secondary N) is 1. The minimum Gasteiger partial charge on any atom is -0.391 e. The number of aliphatic hydroxyl groups is 1. The van der Waals surface area contributed by atoms with E-state index < -0.39 is 6.10 Å². The minimum absolute atomic E-state index is 0.146. The number of urea groups is 1. The molecule has 1 saturated carbocycles. The van der Waals surface area contributed by atoms with Crippen molar-refractivity contribution in [2.45, 2.75) is 57.3 Å². The van der Waals surface area contributed by atoms with Gasteiger partial charge in [-0.1, -0.05) is 31.4 Å². The molecule has 1 heterocycles. The number of hydrogen-bond acceptors (Lipinski definition) is 3. The minimum atomic E-state index is -0.393. The Labute approximate surface area is 137 Å². The first-order chi connectivity index (χ1) is 11.2. The molecule has 5 nitrogen and oxygen atoms in total. The zero-order chi connectivity index (χ0) is 16.1. The van der Waals surface area contributed by atoms with Gasteiger partial charge in [0.15, 0.2) is 0 Å². The first kappa shape index (κ1) is 16.3. The van der Waals surface area contributed by atoms with Gasteiger partial charge in [-0.05, 0) is 37.0 Å². The van der Waals surface area contributed by atoms with Gasteiger partial charge in [0.2, 0.25) is 0 Å². The summed E-state index contributed by atoms with van der Waals surface area (Å²) in [6.45, 7) is 1.62. The van der Waals surface area contributed by atoms with Gasteiger partial charge in [0.1, 0.15) is 0 Å². The lowest BCUT2D eigenvalue weighted by Gasteiger charge is -2.22. The number of carbonyl (C=O) groups excluding carboxylic acids is 1. The summed E-state index contributed by atoms with van der Waals surface area (Å²) in [5.41, 5.74) is 1.86. The molecule has 1 aromatic carbocycles. The molecule has 0 aromatic heterocycles. The lowest BCUT2D eigenvalue weighted by molar-refractivity contribution is 0.0169. The highest BCUT2D eigenvalue weighted by molar-refractivity contribution is 5.89. The SMILES string of the molecule is O=C(Nc1cccc(COC2CCCCC2)c1)N1CCC(O)C1. The van der Waals surface area contributed by atoms with Gasteiger partial charge in [-0.25, -0.2) is 4.79 Å². The molecule has 5 heteroatoms. The van der Waals surface area contributed by atoms with Gasteiger partial charge in [0.25, 0.3) is 0 Å². The molecular weight excluding hydrogens is 292 g/mol. The molecule has 1 aromatic rings. The highest BCUT2D eigenvalue weighted by atomic mass is 16.5. The number of rotatable bonds is 4. The fraction of sp³-hybridized carbons (Fsp3) is 0.611. The molecule has 23 heavy (non-hydrogen) atoms. The lowest BCUT2D eigenvalue weighted by Crippen LogP contribution is -2.33. The average Bonchev–Trinajstić information content (AvgIpc) is 3.01. The van der Waals surface area contributed by atoms with Gasteiger partial charge in [-0.3, -0.25) is 0 Å². The third-order valence-electron chi connectivity index (χ3n) is 4.67. The Bertz CT molecular complexity index is 529. The van der Waals surface area contributed by atoms with Crippen LogP contribution < -0.4 is 5.32 Å². The van der Waals surface area contributed by atoms with Crippen molar-refractivity contribution in [2.24, 2.45) is 0 Å². The summed E-state index contributed by atoms with van der Waals surface area (Å²) in [5, 5.41) is 12.4. The number of aliphatic hydroxyl groups excluding tert-OH is 1. The lowest BCUT2D eigenvalue weighted by atomic mass is 9.98. The second-order valence-corrected chi connectivity index (χ2v) is 6.59. The van der Waals surface area contributed by atoms with Crippen molar-refractivity contribution < 1.29 is 14.6 Å². The Morgan fingerprint density at radius 1 is 1.26 bits per heavy atom. The summed E-state index contributed by atoms with van der Waals surface area (Å²) in [5.74, 6) is 0. The molecule has 1 aliphatic carbocycles. The van der Waals surface area contributed by atoms with E-state index in [9.17, 15) is 9.90 Å². The highest BCUT2D eigenvalue weighted by Crippen LogP contribution is 2.22. The molecule has 3 rings (SSSR count). The van der Waals surface area contributed by atoms with Crippen molar-refractivity contribution >= 4 is 11.7 Å². The van der Waals surface area contributed by atoms with Crippen LogP contribution in [0, 0.1) is 0 Å². The van der Waals surface area contributed by atoms with E-state index in [-0.39, 0.29) is 6.03 Å². The van der Waals surface area contributed by atoms with Crippen LogP contribution in [0.25, 0.3) is 0 Å². The van der Waals surface area contributed by atoms with Crippen molar-refractivity contribution in [2.75, 3.05) is 18.4 Å². The van der Waals surface area contributed by atoms with Crippen LogP contribution in [0.4, 0.5) is 10.5 Å². The molecule has 126 valence electrons. The van der Waals surface area contributed by atoms with Crippen LogP contribution in [0.1, 0.15) is 44.1 Å². The van der Waals surface area contributed by atoms with E-state index in [2.05, 4.69) is 5.32 Å². The number of anilines is 1. The molecule has 1 aliphatic heterocycles. The quantitative estimate of drug-likeness (QED) is 0.896. The normalized spacial score (nSPS) is 22.3. The zero-order valence-electron chi connectivity index (χ0n) is 13.5. The molecule has 2 N–H and O–H groups in total. The molecule has 1 saturated heterocycles. The van der Waals surface area contributed by atoms with Crippen LogP contribution in [0.3, 0.4) is 0 Å². The van der Waals surface area contributed by atoms with E-state index in [1.165, 1.54) is 19.3 Å². The molecule has 0 spiro atoms. The number of nitrogens with zero attached hydrogens (tertiary/aromatic N) is 1. The second-order valence-electron chi connectivity index (χ2n) is 6.59. The number of amides is 2. The first-order valence-electron chi connectivity index (χ1n) is 8.65. The predicted octanol–water partition coefficient (Wildman–Crippen LogP) is 3.13. The average molecular weight is 318 g/mol. The predicted molar refractivity (Wildman–Crippen MR) is 89.3 cm³/mol.